The summed E-state index contributed by atoms with van der Waals surface area (Å²) in [7, 11) is -3.62. The van der Waals surface area contributed by atoms with Crippen LogP contribution in [0.15, 0.2) is 35.2 Å². The number of likely N-dealkylation sites (tertiary alicyclic amines) is 1. The van der Waals surface area contributed by atoms with Crippen LogP contribution in [0.5, 0.6) is 0 Å². The molecule has 1 amide bonds. The van der Waals surface area contributed by atoms with Crippen LogP contribution in [-0.2, 0) is 19.6 Å². The van der Waals surface area contributed by atoms with E-state index >= 15 is 0 Å². The monoisotopic (exact) mass is 282 g/mol. The highest BCUT2D eigenvalue weighted by Crippen LogP contribution is 2.17. The van der Waals surface area contributed by atoms with Crippen molar-refractivity contribution in [2.45, 2.75) is 23.4 Å². The molecule has 1 aliphatic rings. The van der Waals surface area contributed by atoms with Crippen LogP contribution in [0.2, 0.25) is 0 Å². The first-order valence-corrected chi connectivity index (χ1v) is 7.29. The van der Waals surface area contributed by atoms with Crippen LogP contribution in [0.25, 0.3) is 0 Å². The van der Waals surface area contributed by atoms with Gasteiger partial charge in [0.2, 0.25) is 16.4 Å². The largest absolute Gasteiger partial charge is 0.334 e. The number of hydrogen-bond donors (Lipinski definition) is 1. The van der Waals surface area contributed by atoms with E-state index in [1.165, 1.54) is 17.0 Å². The molecule has 2 rings (SSSR count). The molecule has 0 radical (unpaired) electrons. The SMILES string of the molecule is O=C[C@@H]1C[C@@H](NS(=O)(=O)c2ccccc2)CN1C=O. The van der Waals surface area contributed by atoms with Gasteiger partial charge in [-0.15, -0.1) is 0 Å². The van der Waals surface area contributed by atoms with Gasteiger partial charge in [-0.25, -0.2) is 13.1 Å². The molecule has 1 aromatic rings. The van der Waals surface area contributed by atoms with Crippen molar-refractivity contribution in [1.29, 1.82) is 0 Å². The molecule has 0 aliphatic carbocycles. The zero-order valence-corrected chi connectivity index (χ0v) is 10.9. The van der Waals surface area contributed by atoms with Gasteiger partial charge in [0.1, 0.15) is 6.29 Å². The van der Waals surface area contributed by atoms with E-state index in [1.54, 1.807) is 18.2 Å². The maximum Gasteiger partial charge on any atom is 0.240 e. The van der Waals surface area contributed by atoms with E-state index in [-0.39, 0.29) is 11.4 Å². The van der Waals surface area contributed by atoms with Crippen molar-refractivity contribution in [2.75, 3.05) is 6.54 Å². The molecular weight excluding hydrogens is 268 g/mol. The Morgan fingerprint density at radius 2 is 1.89 bits per heavy atom. The summed E-state index contributed by atoms with van der Waals surface area (Å²) in [4.78, 5) is 23.0. The van der Waals surface area contributed by atoms with E-state index in [0.717, 1.165) is 0 Å². The number of hydrogen-bond acceptors (Lipinski definition) is 4. The average Bonchev–Trinajstić information content (AvgIpc) is 2.81. The highest BCUT2D eigenvalue weighted by atomic mass is 32.2. The second-order valence-electron chi connectivity index (χ2n) is 4.37. The minimum absolute atomic E-state index is 0.169. The summed E-state index contributed by atoms with van der Waals surface area (Å²) in [6.45, 7) is 0.207. The lowest BCUT2D eigenvalue weighted by Crippen LogP contribution is -2.36. The average molecular weight is 282 g/mol. The zero-order chi connectivity index (χ0) is 13.9. The van der Waals surface area contributed by atoms with Crippen molar-refractivity contribution < 1.29 is 18.0 Å². The quantitative estimate of drug-likeness (QED) is 0.756. The molecule has 1 saturated heterocycles. The molecule has 102 valence electrons. The Morgan fingerprint density at radius 3 is 2.42 bits per heavy atom. The van der Waals surface area contributed by atoms with Crippen molar-refractivity contribution in [3.05, 3.63) is 30.3 Å². The first-order chi connectivity index (χ1) is 9.06. The van der Waals surface area contributed by atoms with Gasteiger partial charge in [-0.3, -0.25) is 4.79 Å². The Balaban J connectivity index is 2.10. The normalized spacial score (nSPS) is 23.3. The molecule has 0 bridgehead atoms. The van der Waals surface area contributed by atoms with E-state index in [4.69, 9.17) is 0 Å². The van der Waals surface area contributed by atoms with E-state index in [9.17, 15) is 18.0 Å². The first kappa shape index (κ1) is 13.7. The zero-order valence-electron chi connectivity index (χ0n) is 10.1. The number of nitrogens with zero attached hydrogens (tertiary/aromatic N) is 1. The van der Waals surface area contributed by atoms with Crippen LogP contribution >= 0.6 is 0 Å². The lowest BCUT2D eigenvalue weighted by atomic mass is 10.2. The molecule has 1 aromatic carbocycles. The number of amides is 1. The summed E-state index contributed by atoms with van der Waals surface area (Å²) in [5.41, 5.74) is 0. The van der Waals surface area contributed by atoms with Gasteiger partial charge in [-0.1, -0.05) is 18.2 Å². The fraction of sp³-hybridized carbons (Fsp3) is 0.333. The lowest BCUT2D eigenvalue weighted by Gasteiger charge is -2.13. The van der Waals surface area contributed by atoms with Crippen molar-refractivity contribution >= 4 is 22.7 Å². The van der Waals surface area contributed by atoms with Crippen molar-refractivity contribution in [3.8, 4) is 0 Å². The highest BCUT2D eigenvalue weighted by Gasteiger charge is 2.33. The fourth-order valence-corrected chi connectivity index (χ4v) is 3.38. The summed E-state index contributed by atoms with van der Waals surface area (Å²) >= 11 is 0. The minimum atomic E-state index is -3.62. The Morgan fingerprint density at radius 1 is 1.21 bits per heavy atom. The van der Waals surface area contributed by atoms with Crippen molar-refractivity contribution in [3.63, 3.8) is 0 Å². The van der Waals surface area contributed by atoms with Gasteiger partial charge in [-0.05, 0) is 18.6 Å². The number of rotatable bonds is 5. The van der Waals surface area contributed by atoms with Gasteiger partial charge < -0.3 is 9.69 Å². The van der Waals surface area contributed by atoms with E-state index in [2.05, 4.69) is 4.72 Å². The van der Waals surface area contributed by atoms with Gasteiger partial charge in [-0.2, -0.15) is 0 Å². The minimum Gasteiger partial charge on any atom is -0.334 e. The predicted octanol–water partition coefficient (Wildman–Crippen LogP) is -0.237. The Bertz CT molecular complexity index is 542. The van der Waals surface area contributed by atoms with Gasteiger partial charge in [0.25, 0.3) is 0 Å². The first-order valence-electron chi connectivity index (χ1n) is 5.80. The molecule has 0 aromatic heterocycles. The third-order valence-corrected chi connectivity index (χ3v) is 4.59. The molecule has 1 fully saturated rings. The Labute approximate surface area is 111 Å². The molecule has 6 nitrogen and oxygen atoms in total. The third-order valence-electron chi connectivity index (χ3n) is 3.05. The van der Waals surface area contributed by atoms with Crippen molar-refractivity contribution in [2.24, 2.45) is 0 Å². The molecule has 0 unspecified atom stereocenters. The molecule has 1 heterocycles. The van der Waals surface area contributed by atoms with Gasteiger partial charge in [0.15, 0.2) is 0 Å². The Kier molecular flexibility index (Phi) is 3.96. The summed E-state index contributed by atoms with van der Waals surface area (Å²) in [5, 5.41) is 0. The maximum atomic E-state index is 12.1. The number of aldehydes is 1. The van der Waals surface area contributed by atoms with Crippen molar-refractivity contribution in [1.82, 2.24) is 9.62 Å². The van der Waals surface area contributed by atoms with Crippen LogP contribution < -0.4 is 4.72 Å². The number of carbonyl (C=O) groups excluding carboxylic acids is 2. The summed E-state index contributed by atoms with van der Waals surface area (Å²) in [5.74, 6) is 0. The molecule has 0 spiro atoms. The molecule has 19 heavy (non-hydrogen) atoms. The highest BCUT2D eigenvalue weighted by molar-refractivity contribution is 7.89. The summed E-state index contributed by atoms with van der Waals surface area (Å²) in [6.07, 6.45) is 1.52. The summed E-state index contributed by atoms with van der Waals surface area (Å²) < 4.78 is 26.7. The Hall–Kier alpha value is -1.73. The van der Waals surface area contributed by atoms with Crippen LogP contribution in [0.1, 0.15) is 6.42 Å². The fourth-order valence-electron chi connectivity index (χ4n) is 2.12. The second-order valence-corrected chi connectivity index (χ2v) is 6.09. The molecular formula is C12H14N2O4S. The van der Waals surface area contributed by atoms with Gasteiger partial charge >= 0.3 is 0 Å². The molecule has 1 aliphatic heterocycles. The van der Waals surface area contributed by atoms with Crippen LogP contribution in [0, 0.1) is 0 Å². The second kappa shape index (κ2) is 5.50. The van der Waals surface area contributed by atoms with Gasteiger partial charge in [0, 0.05) is 12.6 Å². The van der Waals surface area contributed by atoms with Crippen LogP contribution in [0.4, 0.5) is 0 Å². The van der Waals surface area contributed by atoms with E-state index in [1.807, 2.05) is 0 Å². The smallest absolute Gasteiger partial charge is 0.240 e. The molecule has 0 saturated carbocycles. The maximum absolute atomic E-state index is 12.1. The van der Waals surface area contributed by atoms with E-state index < -0.39 is 22.1 Å². The number of carbonyl (C=O) groups is 2. The van der Waals surface area contributed by atoms with E-state index in [0.29, 0.717) is 19.1 Å². The lowest BCUT2D eigenvalue weighted by molar-refractivity contribution is -0.123. The predicted molar refractivity (Wildman–Crippen MR) is 67.8 cm³/mol. The number of sulfonamides is 1. The molecule has 2 atom stereocenters. The topological polar surface area (TPSA) is 83.6 Å². The van der Waals surface area contributed by atoms with Crippen LogP contribution in [0.3, 0.4) is 0 Å². The molecule has 1 N–H and O–H groups in total. The standard InChI is InChI=1S/C12H14N2O4S/c15-8-11-6-10(7-14(11)9-16)13-19(17,18)12-4-2-1-3-5-12/h1-5,8-11,13H,6-7H2/t10-,11+/m1/s1. The van der Waals surface area contributed by atoms with Crippen LogP contribution in [-0.4, -0.2) is 44.6 Å². The van der Waals surface area contributed by atoms with Gasteiger partial charge in [0.05, 0.1) is 10.9 Å². The number of nitrogens with one attached hydrogen (secondary N) is 1. The number of benzene rings is 1. The molecule has 7 heteroatoms. The summed E-state index contributed by atoms with van der Waals surface area (Å²) in [6, 6.07) is 6.99. The third kappa shape index (κ3) is 2.99.